The van der Waals surface area contributed by atoms with Gasteiger partial charge < -0.3 is 5.73 Å². The first kappa shape index (κ1) is 12.8. The number of rotatable bonds is 5. The Bertz CT molecular complexity index is 459. The first-order valence-electron chi connectivity index (χ1n) is 6.60. The Morgan fingerprint density at radius 3 is 2.22 bits per heavy atom. The molecule has 18 heavy (non-hydrogen) atoms. The molecule has 94 valence electrons. The van der Waals surface area contributed by atoms with Gasteiger partial charge in [-0.3, -0.25) is 0 Å². The summed E-state index contributed by atoms with van der Waals surface area (Å²) in [5.41, 5.74) is 9.84. The lowest BCUT2D eigenvalue weighted by molar-refractivity contribution is 0.630. The molecule has 0 spiro atoms. The summed E-state index contributed by atoms with van der Waals surface area (Å²) in [6.45, 7) is 2.86. The van der Waals surface area contributed by atoms with E-state index in [9.17, 15) is 0 Å². The molecule has 2 rings (SSSR count). The van der Waals surface area contributed by atoms with Crippen LogP contribution in [-0.2, 0) is 6.42 Å². The van der Waals surface area contributed by atoms with Crippen LogP contribution in [0.2, 0.25) is 0 Å². The van der Waals surface area contributed by atoms with Gasteiger partial charge in [0.2, 0.25) is 0 Å². The van der Waals surface area contributed by atoms with Crippen molar-refractivity contribution in [1.82, 2.24) is 0 Å². The monoisotopic (exact) mass is 239 g/mol. The second-order valence-corrected chi connectivity index (χ2v) is 4.87. The molecule has 0 aliphatic rings. The maximum Gasteiger partial charge on any atom is -0.00713 e. The van der Waals surface area contributed by atoms with Crippen LogP contribution in [0.4, 0.5) is 0 Å². The summed E-state index contributed by atoms with van der Waals surface area (Å²) in [6, 6.07) is 19.5. The van der Waals surface area contributed by atoms with Gasteiger partial charge in [0.1, 0.15) is 0 Å². The Labute approximate surface area is 110 Å². The van der Waals surface area contributed by atoms with Crippen molar-refractivity contribution in [1.29, 1.82) is 0 Å². The summed E-state index contributed by atoms with van der Waals surface area (Å²) in [6.07, 6.45) is 2.11. The molecule has 2 N–H and O–H groups in total. The Hall–Kier alpha value is -1.60. The van der Waals surface area contributed by atoms with E-state index in [0.29, 0.717) is 5.92 Å². The summed E-state index contributed by atoms with van der Waals surface area (Å²) in [4.78, 5) is 0. The molecule has 2 aromatic rings. The molecule has 1 nitrogen and oxygen atoms in total. The predicted octanol–water partition coefficient (Wildman–Crippen LogP) is 3.67. The van der Waals surface area contributed by atoms with Gasteiger partial charge in [0, 0.05) is 0 Å². The third kappa shape index (κ3) is 3.44. The van der Waals surface area contributed by atoms with Crippen LogP contribution >= 0.6 is 0 Å². The average molecular weight is 239 g/mol. The average Bonchev–Trinajstić information content (AvgIpc) is 2.42. The number of aryl methyl sites for hydroxylation is 1. The minimum atomic E-state index is 0.527. The molecule has 0 amide bonds. The van der Waals surface area contributed by atoms with Crippen molar-refractivity contribution in [3.05, 3.63) is 71.3 Å². The van der Waals surface area contributed by atoms with Crippen LogP contribution in [0, 0.1) is 6.92 Å². The summed E-state index contributed by atoms with van der Waals surface area (Å²) in [5, 5.41) is 0. The largest absolute Gasteiger partial charge is 0.330 e. The van der Waals surface area contributed by atoms with Gasteiger partial charge in [-0.2, -0.15) is 0 Å². The van der Waals surface area contributed by atoms with Crippen LogP contribution in [0.25, 0.3) is 0 Å². The standard InChI is InChI=1S/C17H21N/c1-14-7-9-15(10-8-14)13-17(11-12-18)16-5-3-2-4-6-16/h2-10,17H,11-13,18H2,1H3. The first-order chi connectivity index (χ1) is 8.79. The van der Waals surface area contributed by atoms with E-state index in [0.717, 1.165) is 19.4 Å². The van der Waals surface area contributed by atoms with Crippen LogP contribution in [0.1, 0.15) is 29.0 Å². The molecule has 0 saturated heterocycles. The van der Waals surface area contributed by atoms with Gasteiger partial charge in [0.25, 0.3) is 0 Å². The molecule has 1 heteroatoms. The normalized spacial score (nSPS) is 12.3. The second kappa shape index (κ2) is 6.36. The molecule has 0 aliphatic carbocycles. The van der Waals surface area contributed by atoms with Gasteiger partial charge in [0.05, 0.1) is 0 Å². The smallest absolute Gasteiger partial charge is 0.00713 e. The van der Waals surface area contributed by atoms with E-state index in [1.165, 1.54) is 16.7 Å². The summed E-state index contributed by atoms with van der Waals surface area (Å²) < 4.78 is 0. The zero-order chi connectivity index (χ0) is 12.8. The topological polar surface area (TPSA) is 26.0 Å². The van der Waals surface area contributed by atoms with E-state index in [2.05, 4.69) is 61.5 Å². The zero-order valence-corrected chi connectivity index (χ0v) is 11.0. The summed E-state index contributed by atoms with van der Waals surface area (Å²) in [7, 11) is 0. The fraction of sp³-hybridized carbons (Fsp3) is 0.294. The van der Waals surface area contributed by atoms with Gasteiger partial charge in [-0.1, -0.05) is 60.2 Å². The van der Waals surface area contributed by atoms with Crippen molar-refractivity contribution in [2.24, 2.45) is 5.73 Å². The Morgan fingerprint density at radius 2 is 1.61 bits per heavy atom. The summed E-state index contributed by atoms with van der Waals surface area (Å²) in [5.74, 6) is 0.527. The number of nitrogens with two attached hydrogens (primary N) is 1. The van der Waals surface area contributed by atoms with Crippen LogP contribution in [0.3, 0.4) is 0 Å². The third-order valence-electron chi connectivity index (χ3n) is 3.39. The highest BCUT2D eigenvalue weighted by Gasteiger charge is 2.11. The molecular weight excluding hydrogens is 218 g/mol. The number of hydrogen-bond donors (Lipinski definition) is 1. The molecule has 0 radical (unpaired) electrons. The van der Waals surface area contributed by atoms with Crippen molar-refractivity contribution in [3.63, 3.8) is 0 Å². The molecule has 1 atom stereocenters. The maximum absolute atomic E-state index is 5.74. The highest BCUT2D eigenvalue weighted by atomic mass is 14.5. The molecule has 0 fully saturated rings. The van der Waals surface area contributed by atoms with E-state index in [-0.39, 0.29) is 0 Å². The van der Waals surface area contributed by atoms with Gasteiger partial charge in [-0.15, -0.1) is 0 Å². The van der Waals surface area contributed by atoms with Crippen molar-refractivity contribution >= 4 is 0 Å². The van der Waals surface area contributed by atoms with Crippen molar-refractivity contribution < 1.29 is 0 Å². The van der Waals surface area contributed by atoms with E-state index in [1.807, 2.05) is 0 Å². The highest BCUT2D eigenvalue weighted by Crippen LogP contribution is 2.23. The lowest BCUT2D eigenvalue weighted by atomic mass is 9.89. The molecule has 1 unspecified atom stereocenters. The van der Waals surface area contributed by atoms with Gasteiger partial charge in [0.15, 0.2) is 0 Å². The van der Waals surface area contributed by atoms with Crippen LogP contribution < -0.4 is 5.73 Å². The van der Waals surface area contributed by atoms with E-state index in [4.69, 9.17) is 5.73 Å². The number of hydrogen-bond acceptors (Lipinski definition) is 1. The van der Waals surface area contributed by atoms with Crippen LogP contribution in [0.15, 0.2) is 54.6 Å². The molecule has 0 heterocycles. The van der Waals surface area contributed by atoms with E-state index >= 15 is 0 Å². The van der Waals surface area contributed by atoms with E-state index < -0.39 is 0 Å². The lowest BCUT2D eigenvalue weighted by Crippen LogP contribution is -2.10. The Balaban J connectivity index is 2.14. The summed E-state index contributed by atoms with van der Waals surface area (Å²) >= 11 is 0. The maximum atomic E-state index is 5.74. The second-order valence-electron chi connectivity index (χ2n) is 4.87. The lowest BCUT2D eigenvalue weighted by Gasteiger charge is -2.16. The molecular formula is C17H21N. The van der Waals surface area contributed by atoms with Crippen molar-refractivity contribution in [2.75, 3.05) is 6.54 Å². The Morgan fingerprint density at radius 1 is 0.944 bits per heavy atom. The van der Waals surface area contributed by atoms with Crippen LogP contribution in [-0.4, -0.2) is 6.54 Å². The van der Waals surface area contributed by atoms with Gasteiger partial charge in [-0.25, -0.2) is 0 Å². The predicted molar refractivity (Wildman–Crippen MR) is 77.7 cm³/mol. The minimum Gasteiger partial charge on any atom is -0.330 e. The quantitative estimate of drug-likeness (QED) is 0.846. The molecule has 0 aromatic heterocycles. The zero-order valence-electron chi connectivity index (χ0n) is 11.0. The molecule has 2 aromatic carbocycles. The minimum absolute atomic E-state index is 0.527. The SMILES string of the molecule is Cc1ccc(CC(CCN)c2ccccc2)cc1. The van der Waals surface area contributed by atoms with Gasteiger partial charge >= 0.3 is 0 Å². The van der Waals surface area contributed by atoms with E-state index in [1.54, 1.807) is 0 Å². The Kier molecular flexibility index (Phi) is 4.54. The first-order valence-corrected chi connectivity index (χ1v) is 6.60. The van der Waals surface area contributed by atoms with Gasteiger partial charge in [-0.05, 0) is 43.4 Å². The van der Waals surface area contributed by atoms with Crippen molar-refractivity contribution in [3.8, 4) is 0 Å². The van der Waals surface area contributed by atoms with Crippen molar-refractivity contribution in [2.45, 2.75) is 25.7 Å². The molecule has 0 aliphatic heterocycles. The fourth-order valence-electron chi connectivity index (χ4n) is 2.32. The molecule has 0 bridgehead atoms. The number of benzene rings is 2. The highest BCUT2D eigenvalue weighted by molar-refractivity contribution is 5.26. The fourth-order valence-corrected chi connectivity index (χ4v) is 2.32. The molecule has 0 saturated carbocycles. The third-order valence-corrected chi connectivity index (χ3v) is 3.39. The van der Waals surface area contributed by atoms with Crippen LogP contribution in [0.5, 0.6) is 0 Å².